The first-order valence-corrected chi connectivity index (χ1v) is 12.0. The van der Waals surface area contributed by atoms with Gasteiger partial charge in [-0.3, -0.25) is 14.4 Å². The van der Waals surface area contributed by atoms with Crippen molar-refractivity contribution in [2.24, 2.45) is 0 Å². The van der Waals surface area contributed by atoms with Crippen molar-refractivity contribution in [2.45, 2.75) is 53.1 Å². The van der Waals surface area contributed by atoms with Gasteiger partial charge in [0.1, 0.15) is 18.1 Å². The van der Waals surface area contributed by atoms with E-state index in [4.69, 9.17) is 9.84 Å². The Morgan fingerprint density at radius 1 is 0.892 bits per heavy atom. The minimum absolute atomic E-state index is 0.0218. The molecule has 0 saturated carbocycles. The molecule has 0 aromatic heterocycles. The molecule has 7 nitrogen and oxygen atoms in total. The molecule has 3 aromatic carbocycles. The van der Waals surface area contributed by atoms with Gasteiger partial charge in [-0.05, 0) is 49.1 Å². The van der Waals surface area contributed by atoms with Gasteiger partial charge < -0.3 is 19.7 Å². The number of esters is 1. The summed E-state index contributed by atoms with van der Waals surface area (Å²) in [6.07, 6.45) is 1.72. The van der Waals surface area contributed by atoms with Gasteiger partial charge in [-0.2, -0.15) is 0 Å². The van der Waals surface area contributed by atoms with Crippen LogP contribution in [0.5, 0.6) is 11.5 Å². The first-order valence-electron chi connectivity index (χ1n) is 12.0. The fourth-order valence-electron chi connectivity index (χ4n) is 3.75. The van der Waals surface area contributed by atoms with E-state index in [9.17, 15) is 19.5 Å². The molecule has 0 aliphatic heterocycles. The summed E-state index contributed by atoms with van der Waals surface area (Å²) in [6.45, 7) is 5.65. The molecule has 0 spiro atoms. The highest BCUT2D eigenvalue weighted by Crippen LogP contribution is 2.33. The standard InChI is InChI=1S/C20H22O5.C10H12O2/c1-3-5-17-18(9-8-16(13(2)21)20(17)24)25-12-15-7-4-6-14(10-15)11-19(22)23;1-8-4-3-5-9(6-8)7-10(11)12-2/h4,6-10,24H,3,5,11-12H2,1-2H3,(H,22,23);3-6H,7H2,1-2H3. The number of aromatic hydroxyl groups is 1. The molecule has 0 saturated heterocycles. The number of carbonyl (C=O) groups excluding carboxylic acids is 2. The molecule has 0 radical (unpaired) electrons. The molecule has 0 aliphatic rings. The summed E-state index contributed by atoms with van der Waals surface area (Å²) < 4.78 is 10.4. The lowest BCUT2D eigenvalue weighted by molar-refractivity contribution is -0.140. The molecule has 0 bridgehead atoms. The van der Waals surface area contributed by atoms with E-state index in [0.717, 1.165) is 23.1 Å². The van der Waals surface area contributed by atoms with Gasteiger partial charge in [-0.25, -0.2) is 0 Å². The molecule has 0 unspecified atom stereocenters. The predicted octanol–water partition coefficient (Wildman–Crippen LogP) is 5.46. The minimum Gasteiger partial charge on any atom is -0.507 e. The second kappa shape index (κ2) is 14.4. The summed E-state index contributed by atoms with van der Waals surface area (Å²) >= 11 is 0. The number of ketones is 1. The number of ether oxygens (including phenoxy) is 2. The number of carboxylic acid groups (broad SMARTS) is 1. The van der Waals surface area contributed by atoms with Crippen LogP contribution >= 0.6 is 0 Å². The predicted molar refractivity (Wildman–Crippen MR) is 141 cm³/mol. The van der Waals surface area contributed by atoms with Crippen molar-refractivity contribution in [1.29, 1.82) is 0 Å². The van der Waals surface area contributed by atoms with E-state index < -0.39 is 5.97 Å². The van der Waals surface area contributed by atoms with Crippen molar-refractivity contribution in [3.8, 4) is 11.5 Å². The molecule has 3 rings (SSSR count). The van der Waals surface area contributed by atoms with Crippen molar-refractivity contribution in [3.63, 3.8) is 0 Å². The van der Waals surface area contributed by atoms with E-state index in [2.05, 4.69) is 4.74 Å². The van der Waals surface area contributed by atoms with Gasteiger partial charge in [0.05, 0.1) is 25.5 Å². The highest BCUT2D eigenvalue weighted by Gasteiger charge is 2.16. The first-order chi connectivity index (χ1) is 17.6. The van der Waals surface area contributed by atoms with Crippen LogP contribution in [-0.4, -0.2) is 35.0 Å². The number of phenolic OH excluding ortho intramolecular Hbond substituents is 1. The van der Waals surface area contributed by atoms with Gasteiger partial charge in [0.25, 0.3) is 0 Å². The van der Waals surface area contributed by atoms with Crippen LogP contribution in [0.15, 0.2) is 60.7 Å². The second-order valence-corrected chi connectivity index (χ2v) is 8.67. The number of phenols is 1. The number of aliphatic carboxylic acids is 1. The van der Waals surface area contributed by atoms with Gasteiger partial charge in [-0.1, -0.05) is 67.4 Å². The molecule has 0 atom stereocenters. The third-order valence-electron chi connectivity index (χ3n) is 5.52. The Hall–Kier alpha value is -4.13. The Morgan fingerprint density at radius 2 is 1.54 bits per heavy atom. The molecule has 37 heavy (non-hydrogen) atoms. The van der Waals surface area contributed by atoms with Crippen molar-refractivity contribution >= 4 is 17.7 Å². The maximum absolute atomic E-state index is 11.6. The average molecular weight is 507 g/mol. The first kappa shape index (κ1) is 29.1. The van der Waals surface area contributed by atoms with Crippen molar-refractivity contribution in [1.82, 2.24) is 0 Å². The maximum atomic E-state index is 11.6. The Kier molecular flexibility index (Phi) is 11.4. The zero-order chi connectivity index (χ0) is 27.4. The molecule has 0 heterocycles. The van der Waals surface area contributed by atoms with Gasteiger partial charge in [0.2, 0.25) is 0 Å². The number of Topliss-reactive ketones (excluding diaryl/α,β-unsaturated/α-hetero) is 1. The summed E-state index contributed by atoms with van der Waals surface area (Å²) in [4.78, 5) is 33.3. The number of methoxy groups -OCH3 is 1. The molecule has 0 aliphatic carbocycles. The third kappa shape index (κ3) is 9.44. The van der Waals surface area contributed by atoms with Gasteiger partial charge in [-0.15, -0.1) is 0 Å². The van der Waals surface area contributed by atoms with Crippen LogP contribution in [0, 0.1) is 6.92 Å². The number of hydrogen-bond acceptors (Lipinski definition) is 6. The lowest BCUT2D eigenvalue weighted by atomic mass is 10.0. The topological polar surface area (TPSA) is 110 Å². The van der Waals surface area contributed by atoms with Gasteiger partial charge in [0.15, 0.2) is 5.78 Å². The van der Waals surface area contributed by atoms with Crippen LogP contribution in [0.2, 0.25) is 0 Å². The number of rotatable bonds is 10. The Bertz CT molecular complexity index is 1230. The minimum atomic E-state index is -0.881. The summed E-state index contributed by atoms with van der Waals surface area (Å²) in [6, 6.07) is 18.3. The van der Waals surface area contributed by atoms with E-state index in [1.54, 1.807) is 30.3 Å². The Labute approximate surface area is 217 Å². The van der Waals surface area contributed by atoms with E-state index in [1.807, 2.05) is 44.2 Å². The fraction of sp³-hybridized carbons (Fsp3) is 0.300. The third-order valence-corrected chi connectivity index (χ3v) is 5.52. The van der Waals surface area contributed by atoms with Crippen molar-refractivity contribution in [3.05, 3.63) is 94.0 Å². The van der Waals surface area contributed by atoms with Crippen LogP contribution in [0.1, 0.15) is 58.4 Å². The smallest absolute Gasteiger partial charge is 0.309 e. The molecule has 0 fully saturated rings. The van der Waals surface area contributed by atoms with E-state index in [1.165, 1.54) is 14.0 Å². The quantitative estimate of drug-likeness (QED) is 0.277. The molecule has 2 N–H and O–H groups in total. The van der Waals surface area contributed by atoms with Gasteiger partial charge in [0, 0.05) is 5.56 Å². The zero-order valence-electron chi connectivity index (χ0n) is 21.7. The number of benzene rings is 3. The van der Waals surface area contributed by atoms with Crippen molar-refractivity contribution < 1.29 is 34.1 Å². The summed E-state index contributed by atoms with van der Waals surface area (Å²) in [5.41, 5.74) is 4.63. The van der Waals surface area contributed by atoms with Crippen LogP contribution in [0.25, 0.3) is 0 Å². The Balaban J connectivity index is 0.000000335. The molecular formula is C30H34O7. The number of aryl methyl sites for hydroxylation is 1. The molecular weight excluding hydrogens is 472 g/mol. The number of hydrogen-bond donors (Lipinski definition) is 2. The monoisotopic (exact) mass is 506 g/mol. The average Bonchev–Trinajstić information content (AvgIpc) is 2.84. The molecule has 3 aromatic rings. The zero-order valence-corrected chi connectivity index (χ0v) is 21.7. The van der Waals surface area contributed by atoms with Crippen LogP contribution < -0.4 is 4.74 Å². The summed E-state index contributed by atoms with van der Waals surface area (Å²) in [5, 5.41) is 19.2. The summed E-state index contributed by atoms with van der Waals surface area (Å²) in [7, 11) is 1.40. The fourth-order valence-corrected chi connectivity index (χ4v) is 3.75. The SMILES string of the molecule is CCCc1c(OCc2cccc(CC(=O)O)c2)ccc(C(C)=O)c1O.COC(=O)Cc1cccc(C)c1. The van der Waals surface area contributed by atoms with Crippen LogP contribution in [-0.2, 0) is 40.2 Å². The highest BCUT2D eigenvalue weighted by atomic mass is 16.5. The highest BCUT2D eigenvalue weighted by molar-refractivity contribution is 5.97. The van der Waals surface area contributed by atoms with E-state index in [0.29, 0.717) is 35.3 Å². The van der Waals surface area contributed by atoms with Crippen molar-refractivity contribution in [2.75, 3.05) is 7.11 Å². The lowest BCUT2D eigenvalue weighted by Gasteiger charge is -2.15. The number of carboxylic acids is 1. The van der Waals surface area contributed by atoms with E-state index >= 15 is 0 Å². The van der Waals surface area contributed by atoms with Crippen LogP contribution in [0.4, 0.5) is 0 Å². The lowest BCUT2D eigenvalue weighted by Crippen LogP contribution is -2.04. The maximum Gasteiger partial charge on any atom is 0.309 e. The van der Waals surface area contributed by atoms with E-state index in [-0.39, 0.29) is 30.5 Å². The Morgan fingerprint density at radius 3 is 2.14 bits per heavy atom. The summed E-state index contributed by atoms with van der Waals surface area (Å²) in [5.74, 6) is -0.754. The molecule has 7 heteroatoms. The largest absolute Gasteiger partial charge is 0.507 e. The number of carbonyl (C=O) groups is 3. The van der Waals surface area contributed by atoms with Crippen LogP contribution in [0.3, 0.4) is 0 Å². The normalized spacial score (nSPS) is 10.2. The molecule has 0 amide bonds. The molecule has 196 valence electrons. The van der Waals surface area contributed by atoms with Gasteiger partial charge >= 0.3 is 11.9 Å². The second-order valence-electron chi connectivity index (χ2n) is 8.67.